The van der Waals surface area contributed by atoms with Gasteiger partial charge in [-0.05, 0) is 30.4 Å². The van der Waals surface area contributed by atoms with E-state index in [9.17, 15) is 10.1 Å². The van der Waals surface area contributed by atoms with Gasteiger partial charge in [0.25, 0.3) is 0 Å². The van der Waals surface area contributed by atoms with E-state index < -0.39 is 4.92 Å². The second kappa shape index (κ2) is 5.79. The molecule has 0 atom stereocenters. The minimum absolute atomic E-state index is 0.00973. The summed E-state index contributed by atoms with van der Waals surface area (Å²) in [7, 11) is 0. The lowest BCUT2D eigenvalue weighted by atomic mass is 10.2. The molecule has 0 saturated heterocycles. The van der Waals surface area contributed by atoms with Crippen LogP contribution >= 0.6 is 0 Å². The SMILES string of the molecule is O=[N+]([O-])c1cc(CO)ccc1OCOCC1CC1. The monoisotopic (exact) mass is 253 g/mol. The zero-order valence-electron chi connectivity index (χ0n) is 9.87. The molecule has 1 aliphatic rings. The van der Waals surface area contributed by atoms with Gasteiger partial charge in [-0.3, -0.25) is 10.1 Å². The molecule has 0 amide bonds. The molecule has 18 heavy (non-hydrogen) atoms. The maximum absolute atomic E-state index is 10.8. The highest BCUT2D eigenvalue weighted by molar-refractivity contribution is 5.48. The summed E-state index contributed by atoms with van der Waals surface area (Å²) in [6.45, 7) is 0.414. The highest BCUT2D eigenvalue weighted by atomic mass is 16.7. The van der Waals surface area contributed by atoms with Crippen molar-refractivity contribution in [1.82, 2.24) is 0 Å². The van der Waals surface area contributed by atoms with Gasteiger partial charge in [0.1, 0.15) is 0 Å². The van der Waals surface area contributed by atoms with Crippen LogP contribution in [0.2, 0.25) is 0 Å². The zero-order chi connectivity index (χ0) is 13.0. The van der Waals surface area contributed by atoms with E-state index in [1.807, 2.05) is 0 Å². The van der Waals surface area contributed by atoms with E-state index >= 15 is 0 Å². The van der Waals surface area contributed by atoms with Crippen LogP contribution in [0.4, 0.5) is 5.69 Å². The zero-order valence-corrected chi connectivity index (χ0v) is 9.87. The number of rotatable bonds is 7. The molecule has 1 aromatic carbocycles. The van der Waals surface area contributed by atoms with Gasteiger partial charge in [0, 0.05) is 6.07 Å². The molecule has 0 aromatic heterocycles. The van der Waals surface area contributed by atoms with Crippen LogP contribution in [0, 0.1) is 16.0 Å². The fraction of sp³-hybridized carbons (Fsp3) is 0.500. The van der Waals surface area contributed by atoms with Gasteiger partial charge in [-0.15, -0.1) is 0 Å². The second-order valence-electron chi connectivity index (χ2n) is 4.29. The van der Waals surface area contributed by atoms with Crippen LogP contribution in [0.5, 0.6) is 5.75 Å². The van der Waals surface area contributed by atoms with Crippen LogP contribution in [-0.2, 0) is 11.3 Å². The van der Waals surface area contributed by atoms with Crippen molar-refractivity contribution in [3.8, 4) is 5.75 Å². The molecule has 6 heteroatoms. The summed E-state index contributed by atoms with van der Waals surface area (Å²) >= 11 is 0. The molecule has 1 aromatic rings. The molecule has 6 nitrogen and oxygen atoms in total. The van der Waals surface area contributed by atoms with E-state index in [0.29, 0.717) is 18.1 Å². The molecular weight excluding hydrogens is 238 g/mol. The molecule has 0 bridgehead atoms. The number of nitrogens with zero attached hydrogens (tertiary/aromatic N) is 1. The first kappa shape index (κ1) is 12.8. The number of hydrogen-bond acceptors (Lipinski definition) is 5. The average Bonchev–Trinajstić information content (AvgIpc) is 3.18. The molecule has 0 heterocycles. The average molecular weight is 253 g/mol. The van der Waals surface area contributed by atoms with E-state index in [0.717, 1.165) is 0 Å². The van der Waals surface area contributed by atoms with Gasteiger partial charge in [0.2, 0.25) is 0 Å². The standard InChI is InChI=1S/C12H15NO5/c14-6-10-3-4-12(11(5-10)13(15)16)18-8-17-7-9-1-2-9/h3-5,9,14H,1-2,6-8H2. The molecule has 1 fully saturated rings. The number of nitro benzene ring substituents is 1. The van der Waals surface area contributed by atoms with E-state index in [1.54, 1.807) is 6.07 Å². The molecule has 0 unspecified atom stereocenters. The number of aliphatic hydroxyl groups excluding tert-OH is 1. The Hall–Kier alpha value is -1.66. The number of ether oxygens (including phenoxy) is 2. The number of nitro groups is 1. The Morgan fingerprint density at radius 1 is 1.44 bits per heavy atom. The first-order valence-electron chi connectivity index (χ1n) is 5.79. The predicted octanol–water partition coefficient (Wildman–Crippen LogP) is 1.85. The normalized spacial score (nSPS) is 14.5. The Morgan fingerprint density at radius 2 is 2.22 bits per heavy atom. The predicted molar refractivity (Wildman–Crippen MR) is 63.2 cm³/mol. The Bertz CT molecular complexity index is 430. The molecule has 1 N–H and O–H groups in total. The molecule has 0 aliphatic heterocycles. The van der Waals surface area contributed by atoms with Gasteiger partial charge < -0.3 is 14.6 Å². The molecule has 0 spiro atoms. The molecule has 2 rings (SSSR count). The molecule has 1 aliphatic carbocycles. The summed E-state index contributed by atoms with van der Waals surface area (Å²) in [4.78, 5) is 10.3. The van der Waals surface area contributed by atoms with Crippen LogP contribution in [0.25, 0.3) is 0 Å². The van der Waals surface area contributed by atoms with Crippen molar-refractivity contribution in [1.29, 1.82) is 0 Å². The van der Waals surface area contributed by atoms with E-state index in [-0.39, 0.29) is 24.8 Å². The van der Waals surface area contributed by atoms with Gasteiger partial charge >= 0.3 is 5.69 Å². The summed E-state index contributed by atoms with van der Waals surface area (Å²) in [6, 6.07) is 4.36. The Balaban J connectivity index is 1.94. The summed E-state index contributed by atoms with van der Waals surface area (Å²) in [5, 5.41) is 19.8. The quantitative estimate of drug-likeness (QED) is 0.347. The molecule has 98 valence electrons. The van der Waals surface area contributed by atoms with Gasteiger partial charge in [-0.2, -0.15) is 0 Å². The lowest BCUT2D eigenvalue weighted by Gasteiger charge is -2.08. The Labute approximate surface area is 104 Å². The Kier molecular flexibility index (Phi) is 4.11. The largest absolute Gasteiger partial charge is 0.460 e. The number of benzene rings is 1. The fourth-order valence-electron chi connectivity index (χ4n) is 1.53. The maximum Gasteiger partial charge on any atom is 0.311 e. The smallest absolute Gasteiger partial charge is 0.311 e. The molecule has 1 saturated carbocycles. The third-order valence-electron chi connectivity index (χ3n) is 2.75. The summed E-state index contributed by atoms with van der Waals surface area (Å²) in [6.07, 6.45) is 2.37. The van der Waals surface area contributed by atoms with E-state index in [2.05, 4.69) is 0 Å². The van der Waals surface area contributed by atoms with E-state index in [4.69, 9.17) is 14.6 Å². The van der Waals surface area contributed by atoms with Crippen molar-refractivity contribution in [2.75, 3.05) is 13.4 Å². The third-order valence-corrected chi connectivity index (χ3v) is 2.75. The summed E-state index contributed by atoms with van der Waals surface area (Å²) in [5.74, 6) is 0.786. The van der Waals surface area contributed by atoms with E-state index in [1.165, 1.54) is 25.0 Å². The van der Waals surface area contributed by atoms with Gasteiger partial charge in [0.15, 0.2) is 12.5 Å². The third kappa shape index (κ3) is 3.41. The topological polar surface area (TPSA) is 81.8 Å². The van der Waals surface area contributed by atoms with Crippen LogP contribution < -0.4 is 4.74 Å². The highest BCUT2D eigenvalue weighted by Gasteiger charge is 2.21. The van der Waals surface area contributed by atoms with Gasteiger partial charge in [-0.1, -0.05) is 6.07 Å². The van der Waals surface area contributed by atoms with Crippen molar-refractivity contribution in [2.24, 2.45) is 5.92 Å². The second-order valence-corrected chi connectivity index (χ2v) is 4.29. The van der Waals surface area contributed by atoms with Crippen molar-refractivity contribution in [3.63, 3.8) is 0 Å². The van der Waals surface area contributed by atoms with Crippen LogP contribution in [0.3, 0.4) is 0 Å². The van der Waals surface area contributed by atoms with Gasteiger partial charge in [0.05, 0.1) is 18.1 Å². The Morgan fingerprint density at radius 3 is 2.83 bits per heavy atom. The van der Waals surface area contributed by atoms with Crippen molar-refractivity contribution in [2.45, 2.75) is 19.4 Å². The number of aliphatic hydroxyl groups is 1. The van der Waals surface area contributed by atoms with Crippen LogP contribution in [-0.4, -0.2) is 23.4 Å². The fourth-order valence-corrected chi connectivity index (χ4v) is 1.53. The van der Waals surface area contributed by atoms with Crippen molar-refractivity contribution in [3.05, 3.63) is 33.9 Å². The van der Waals surface area contributed by atoms with Crippen LogP contribution in [0.1, 0.15) is 18.4 Å². The van der Waals surface area contributed by atoms with Gasteiger partial charge in [-0.25, -0.2) is 0 Å². The molecule has 0 radical (unpaired) electrons. The van der Waals surface area contributed by atoms with Crippen LogP contribution in [0.15, 0.2) is 18.2 Å². The highest BCUT2D eigenvalue weighted by Crippen LogP contribution is 2.30. The number of hydrogen-bond donors (Lipinski definition) is 1. The van der Waals surface area contributed by atoms with Crippen molar-refractivity contribution >= 4 is 5.69 Å². The minimum atomic E-state index is -0.532. The maximum atomic E-state index is 10.8. The minimum Gasteiger partial charge on any atom is -0.460 e. The summed E-state index contributed by atoms with van der Waals surface area (Å²) < 4.78 is 10.5. The lowest BCUT2D eigenvalue weighted by molar-refractivity contribution is -0.386. The first-order chi connectivity index (χ1) is 8.70. The molecular formula is C12H15NO5. The van der Waals surface area contributed by atoms with Crippen molar-refractivity contribution < 1.29 is 19.5 Å². The summed E-state index contributed by atoms with van der Waals surface area (Å²) in [5.41, 5.74) is 0.324. The lowest BCUT2D eigenvalue weighted by Crippen LogP contribution is -2.06. The first-order valence-corrected chi connectivity index (χ1v) is 5.79.